The Bertz CT molecular complexity index is 932. The van der Waals surface area contributed by atoms with Gasteiger partial charge in [-0.3, -0.25) is 9.10 Å². The lowest BCUT2D eigenvalue weighted by Crippen LogP contribution is -2.51. The first-order chi connectivity index (χ1) is 13.9. The standard InChI is InChI=1S/C21H27N3O4S/c1-23(2)14-8-13-22-21(25)20-15-24(18-11-6-7-12-19(18)28-20)29(26,27)16-17-9-4-3-5-10-17/h3-7,9-12,20H,8,13-16H2,1-2H3,(H,22,25). The van der Waals surface area contributed by atoms with Crippen molar-refractivity contribution in [2.75, 3.05) is 38.0 Å². The van der Waals surface area contributed by atoms with Crippen LogP contribution in [0.15, 0.2) is 54.6 Å². The smallest absolute Gasteiger partial charge is 0.263 e. The van der Waals surface area contributed by atoms with Crippen molar-refractivity contribution in [3.8, 4) is 5.75 Å². The van der Waals surface area contributed by atoms with Gasteiger partial charge < -0.3 is 15.0 Å². The van der Waals surface area contributed by atoms with Crippen LogP contribution < -0.4 is 14.4 Å². The van der Waals surface area contributed by atoms with E-state index >= 15 is 0 Å². The van der Waals surface area contributed by atoms with Gasteiger partial charge in [-0.2, -0.15) is 0 Å². The van der Waals surface area contributed by atoms with Crippen LogP contribution >= 0.6 is 0 Å². The number of carbonyl (C=O) groups is 1. The number of ether oxygens (including phenoxy) is 1. The van der Waals surface area contributed by atoms with Crippen molar-refractivity contribution in [3.63, 3.8) is 0 Å². The van der Waals surface area contributed by atoms with Gasteiger partial charge in [-0.1, -0.05) is 42.5 Å². The summed E-state index contributed by atoms with van der Waals surface area (Å²) in [6.45, 7) is 1.31. The zero-order valence-electron chi connectivity index (χ0n) is 16.7. The lowest BCUT2D eigenvalue weighted by molar-refractivity contribution is -0.127. The molecule has 0 saturated heterocycles. The number of para-hydroxylation sites is 2. The molecular weight excluding hydrogens is 390 g/mol. The molecule has 0 spiro atoms. The van der Waals surface area contributed by atoms with Crippen LogP contribution in [0.3, 0.4) is 0 Å². The number of nitrogens with one attached hydrogen (secondary N) is 1. The normalized spacial score (nSPS) is 16.2. The van der Waals surface area contributed by atoms with Gasteiger partial charge in [0.25, 0.3) is 5.91 Å². The van der Waals surface area contributed by atoms with Crippen LogP contribution in [0.25, 0.3) is 0 Å². The van der Waals surface area contributed by atoms with Crippen LogP contribution in [0, 0.1) is 0 Å². The maximum atomic E-state index is 13.2. The highest BCUT2D eigenvalue weighted by molar-refractivity contribution is 7.92. The summed E-state index contributed by atoms with van der Waals surface area (Å²) in [5.74, 6) is -0.0544. The molecule has 0 aromatic heterocycles. The Balaban J connectivity index is 1.77. The summed E-state index contributed by atoms with van der Waals surface area (Å²) in [6.07, 6.45) is -0.0901. The quantitative estimate of drug-likeness (QED) is 0.663. The molecule has 7 nitrogen and oxygen atoms in total. The topological polar surface area (TPSA) is 79.0 Å². The Hall–Kier alpha value is -2.58. The molecule has 1 aliphatic rings. The fraction of sp³-hybridized carbons (Fsp3) is 0.381. The molecule has 0 aliphatic carbocycles. The minimum Gasteiger partial charge on any atom is -0.476 e. The van der Waals surface area contributed by atoms with Crippen molar-refractivity contribution in [2.45, 2.75) is 18.3 Å². The third kappa shape index (κ3) is 5.48. The first kappa shape index (κ1) is 21.1. The molecule has 0 saturated carbocycles. The van der Waals surface area contributed by atoms with Gasteiger partial charge in [-0.05, 0) is 44.8 Å². The second-order valence-corrected chi connectivity index (χ2v) is 9.19. The summed E-state index contributed by atoms with van der Waals surface area (Å²) >= 11 is 0. The minimum absolute atomic E-state index is 0.0499. The predicted octanol–water partition coefficient (Wildman–Crippen LogP) is 1.85. The number of carbonyl (C=O) groups excluding carboxylic acids is 1. The van der Waals surface area contributed by atoms with Crippen molar-refractivity contribution in [1.82, 2.24) is 10.2 Å². The Morgan fingerprint density at radius 2 is 1.83 bits per heavy atom. The van der Waals surface area contributed by atoms with Gasteiger partial charge in [-0.15, -0.1) is 0 Å². The maximum Gasteiger partial charge on any atom is 0.263 e. The molecule has 1 atom stereocenters. The Labute approximate surface area is 172 Å². The van der Waals surface area contributed by atoms with E-state index in [1.54, 1.807) is 36.4 Å². The Morgan fingerprint density at radius 1 is 1.14 bits per heavy atom. The molecule has 1 N–H and O–H groups in total. The van der Waals surface area contributed by atoms with Crippen LogP contribution in [0.1, 0.15) is 12.0 Å². The summed E-state index contributed by atoms with van der Waals surface area (Å²) < 4.78 is 33.4. The molecular formula is C21H27N3O4S. The monoisotopic (exact) mass is 417 g/mol. The number of nitrogens with zero attached hydrogens (tertiary/aromatic N) is 2. The number of rotatable bonds is 8. The first-order valence-electron chi connectivity index (χ1n) is 9.59. The summed E-state index contributed by atoms with van der Waals surface area (Å²) in [6, 6.07) is 15.9. The van der Waals surface area contributed by atoms with Gasteiger partial charge in [-0.25, -0.2) is 8.42 Å². The average molecular weight is 418 g/mol. The predicted molar refractivity (Wildman–Crippen MR) is 113 cm³/mol. The van der Waals surface area contributed by atoms with E-state index in [0.29, 0.717) is 23.5 Å². The SMILES string of the molecule is CN(C)CCCNC(=O)C1CN(S(=O)(=O)Cc2ccccc2)c2ccccc2O1. The first-order valence-corrected chi connectivity index (χ1v) is 11.2. The van der Waals surface area contributed by atoms with Gasteiger partial charge in [0.1, 0.15) is 5.75 Å². The second kappa shape index (κ2) is 9.28. The van der Waals surface area contributed by atoms with Crippen molar-refractivity contribution in [2.24, 2.45) is 0 Å². The number of sulfonamides is 1. The van der Waals surface area contributed by atoms with E-state index < -0.39 is 16.1 Å². The Morgan fingerprint density at radius 3 is 2.55 bits per heavy atom. The van der Waals surface area contributed by atoms with Gasteiger partial charge in [0.05, 0.1) is 18.0 Å². The molecule has 29 heavy (non-hydrogen) atoms. The average Bonchev–Trinajstić information content (AvgIpc) is 2.70. The van der Waals surface area contributed by atoms with Crippen molar-refractivity contribution in [1.29, 1.82) is 0 Å². The molecule has 1 unspecified atom stereocenters. The number of hydrogen-bond acceptors (Lipinski definition) is 5. The van der Waals surface area contributed by atoms with Gasteiger partial charge >= 0.3 is 0 Å². The van der Waals surface area contributed by atoms with Crippen LogP contribution in [0.5, 0.6) is 5.75 Å². The Kier molecular flexibility index (Phi) is 6.76. The fourth-order valence-electron chi connectivity index (χ4n) is 3.19. The van der Waals surface area contributed by atoms with Crippen molar-refractivity contribution >= 4 is 21.6 Å². The summed E-state index contributed by atoms with van der Waals surface area (Å²) in [4.78, 5) is 14.7. The van der Waals surface area contributed by atoms with Crippen molar-refractivity contribution in [3.05, 3.63) is 60.2 Å². The zero-order chi connectivity index (χ0) is 20.9. The highest BCUT2D eigenvalue weighted by Crippen LogP contribution is 2.35. The van der Waals surface area contributed by atoms with Crippen LogP contribution in [0.2, 0.25) is 0 Å². The van der Waals surface area contributed by atoms with Gasteiger partial charge in [0.15, 0.2) is 6.10 Å². The molecule has 1 amide bonds. The van der Waals surface area contributed by atoms with Gasteiger partial charge in [0.2, 0.25) is 10.0 Å². The molecule has 2 aromatic rings. The molecule has 1 aliphatic heterocycles. The molecule has 0 radical (unpaired) electrons. The molecule has 0 bridgehead atoms. The van der Waals surface area contributed by atoms with Crippen LogP contribution in [-0.4, -0.2) is 59.1 Å². The number of anilines is 1. The summed E-state index contributed by atoms with van der Waals surface area (Å²) in [5.41, 5.74) is 1.15. The number of amides is 1. The minimum atomic E-state index is -3.69. The molecule has 2 aromatic carbocycles. The third-order valence-corrected chi connectivity index (χ3v) is 6.35. The zero-order valence-corrected chi connectivity index (χ0v) is 17.6. The lowest BCUT2D eigenvalue weighted by Gasteiger charge is -2.34. The number of fused-ring (bicyclic) bond motifs is 1. The van der Waals surface area contributed by atoms with E-state index in [1.165, 1.54) is 4.31 Å². The number of hydrogen-bond donors (Lipinski definition) is 1. The highest BCUT2D eigenvalue weighted by atomic mass is 32.2. The van der Waals surface area contributed by atoms with E-state index in [4.69, 9.17) is 4.74 Å². The molecule has 3 rings (SSSR count). The number of benzene rings is 2. The summed E-state index contributed by atoms with van der Waals surface area (Å²) in [7, 11) is 0.255. The lowest BCUT2D eigenvalue weighted by atomic mass is 10.2. The van der Waals surface area contributed by atoms with Crippen LogP contribution in [-0.2, 0) is 20.6 Å². The van der Waals surface area contributed by atoms with E-state index in [0.717, 1.165) is 13.0 Å². The third-order valence-electron chi connectivity index (χ3n) is 4.64. The largest absolute Gasteiger partial charge is 0.476 e. The van der Waals surface area contributed by atoms with Gasteiger partial charge in [0, 0.05) is 6.54 Å². The fourth-order valence-corrected chi connectivity index (χ4v) is 4.77. The molecule has 1 heterocycles. The second-order valence-electron chi connectivity index (χ2n) is 7.29. The highest BCUT2D eigenvalue weighted by Gasteiger charge is 2.36. The van der Waals surface area contributed by atoms with Crippen LogP contribution in [0.4, 0.5) is 5.69 Å². The molecule has 0 fully saturated rings. The van der Waals surface area contributed by atoms with Crippen molar-refractivity contribution < 1.29 is 17.9 Å². The molecule has 8 heteroatoms. The summed E-state index contributed by atoms with van der Waals surface area (Å²) in [5, 5.41) is 2.85. The van der Waals surface area contributed by atoms with E-state index in [-0.39, 0.29) is 18.2 Å². The van der Waals surface area contributed by atoms with E-state index in [2.05, 4.69) is 5.32 Å². The van der Waals surface area contributed by atoms with E-state index in [1.807, 2.05) is 37.2 Å². The maximum absolute atomic E-state index is 13.2. The van der Waals surface area contributed by atoms with E-state index in [9.17, 15) is 13.2 Å². The molecule has 156 valence electrons.